The summed E-state index contributed by atoms with van der Waals surface area (Å²) in [4.78, 5) is 8.25. The first-order valence-electron chi connectivity index (χ1n) is 4.83. The number of hydrogen-bond donors (Lipinski definition) is 0. The van der Waals surface area contributed by atoms with Gasteiger partial charge in [-0.2, -0.15) is 0 Å². The third-order valence-corrected chi connectivity index (χ3v) is 2.24. The number of aromatic nitrogens is 2. The van der Waals surface area contributed by atoms with Crippen molar-refractivity contribution in [2.24, 2.45) is 0 Å². The maximum absolute atomic E-state index is 5.23. The van der Waals surface area contributed by atoms with E-state index >= 15 is 0 Å². The molecule has 0 saturated carbocycles. The van der Waals surface area contributed by atoms with Gasteiger partial charge >= 0.3 is 0 Å². The number of benzene rings is 1. The highest BCUT2D eigenvalue weighted by molar-refractivity contribution is 5.63. The monoisotopic (exact) mass is 216 g/mol. The van der Waals surface area contributed by atoms with Crippen LogP contribution in [0.3, 0.4) is 0 Å². The molecule has 0 aliphatic carbocycles. The van der Waals surface area contributed by atoms with E-state index in [-0.39, 0.29) is 0 Å². The lowest BCUT2D eigenvalue weighted by molar-refractivity contribution is 0.355. The van der Waals surface area contributed by atoms with Gasteiger partial charge in [0.15, 0.2) is 11.5 Å². The molecular formula is C12H12N2O2. The molecule has 0 fully saturated rings. The Morgan fingerprint density at radius 2 is 1.81 bits per heavy atom. The predicted molar refractivity (Wildman–Crippen MR) is 60.6 cm³/mol. The van der Waals surface area contributed by atoms with Crippen LogP contribution in [0.5, 0.6) is 11.5 Å². The molecule has 0 aliphatic heterocycles. The van der Waals surface area contributed by atoms with E-state index in [0.717, 1.165) is 11.3 Å². The van der Waals surface area contributed by atoms with E-state index in [0.29, 0.717) is 11.5 Å². The molecule has 0 aliphatic rings. The Hall–Kier alpha value is -2.10. The summed E-state index contributed by atoms with van der Waals surface area (Å²) in [6.07, 6.45) is 5.01. The molecule has 0 atom stereocenters. The molecule has 0 radical (unpaired) electrons. The molecule has 2 rings (SSSR count). The standard InChI is InChI=1S/C12H12N2O2/c1-15-11-4-3-9(7-12(11)16-2)10-8-13-5-6-14-10/h3-8H,1-2H3. The first-order valence-corrected chi connectivity index (χ1v) is 4.83. The quantitative estimate of drug-likeness (QED) is 0.788. The SMILES string of the molecule is COc1ccc(-c2cnccn2)cc1OC. The number of methoxy groups -OCH3 is 2. The third kappa shape index (κ3) is 1.95. The maximum atomic E-state index is 5.23. The summed E-state index contributed by atoms with van der Waals surface area (Å²) in [6.45, 7) is 0. The second kappa shape index (κ2) is 4.61. The van der Waals surface area contributed by atoms with Crippen LogP contribution in [0.2, 0.25) is 0 Å². The summed E-state index contributed by atoms with van der Waals surface area (Å²) in [7, 11) is 3.22. The van der Waals surface area contributed by atoms with Gasteiger partial charge in [-0.1, -0.05) is 0 Å². The van der Waals surface area contributed by atoms with Gasteiger partial charge in [-0.25, -0.2) is 0 Å². The normalized spacial score (nSPS) is 9.88. The molecule has 4 nitrogen and oxygen atoms in total. The van der Waals surface area contributed by atoms with E-state index < -0.39 is 0 Å². The summed E-state index contributed by atoms with van der Waals surface area (Å²) < 4.78 is 10.4. The summed E-state index contributed by atoms with van der Waals surface area (Å²) >= 11 is 0. The van der Waals surface area contributed by atoms with Crippen LogP contribution in [-0.4, -0.2) is 24.2 Å². The average molecular weight is 216 g/mol. The van der Waals surface area contributed by atoms with E-state index in [1.807, 2.05) is 18.2 Å². The van der Waals surface area contributed by atoms with Crippen LogP contribution >= 0.6 is 0 Å². The fourth-order valence-electron chi connectivity index (χ4n) is 1.44. The second-order valence-electron chi connectivity index (χ2n) is 3.16. The van der Waals surface area contributed by atoms with Crippen LogP contribution in [0.1, 0.15) is 0 Å². The Morgan fingerprint density at radius 1 is 1.00 bits per heavy atom. The van der Waals surface area contributed by atoms with Gasteiger partial charge < -0.3 is 9.47 Å². The number of rotatable bonds is 3. The number of hydrogen-bond acceptors (Lipinski definition) is 4. The average Bonchev–Trinajstić information content (AvgIpc) is 2.39. The molecule has 0 unspecified atom stereocenters. The van der Waals surface area contributed by atoms with Crippen LogP contribution < -0.4 is 9.47 Å². The van der Waals surface area contributed by atoms with Gasteiger partial charge in [0.1, 0.15) is 0 Å². The Kier molecular flexibility index (Phi) is 3.00. The van der Waals surface area contributed by atoms with Gasteiger partial charge in [0.25, 0.3) is 0 Å². The Balaban J connectivity index is 2.44. The summed E-state index contributed by atoms with van der Waals surface area (Å²) in [5, 5.41) is 0. The van der Waals surface area contributed by atoms with E-state index in [1.54, 1.807) is 32.8 Å². The zero-order valence-corrected chi connectivity index (χ0v) is 9.18. The van der Waals surface area contributed by atoms with Gasteiger partial charge in [0.2, 0.25) is 0 Å². The van der Waals surface area contributed by atoms with Gasteiger partial charge in [0, 0.05) is 18.0 Å². The van der Waals surface area contributed by atoms with Gasteiger partial charge in [-0.05, 0) is 18.2 Å². The molecule has 4 heteroatoms. The fraction of sp³-hybridized carbons (Fsp3) is 0.167. The van der Waals surface area contributed by atoms with Crippen molar-refractivity contribution < 1.29 is 9.47 Å². The van der Waals surface area contributed by atoms with E-state index in [2.05, 4.69) is 9.97 Å². The molecule has 0 saturated heterocycles. The van der Waals surface area contributed by atoms with E-state index in [4.69, 9.17) is 9.47 Å². The topological polar surface area (TPSA) is 44.2 Å². The first kappa shape index (κ1) is 10.4. The minimum absolute atomic E-state index is 0.686. The van der Waals surface area contributed by atoms with Gasteiger partial charge in [-0.3, -0.25) is 9.97 Å². The fourth-order valence-corrected chi connectivity index (χ4v) is 1.44. The summed E-state index contributed by atoms with van der Waals surface area (Å²) in [6, 6.07) is 5.65. The van der Waals surface area contributed by atoms with Crippen molar-refractivity contribution in [3.63, 3.8) is 0 Å². The lowest BCUT2D eigenvalue weighted by Gasteiger charge is -2.08. The Morgan fingerprint density at radius 3 is 2.44 bits per heavy atom. The minimum Gasteiger partial charge on any atom is -0.493 e. The smallest absolute Gasteiger partial charge is 0.161 e. The molecule has 1 heterocycles. The molecule has 0 bridgehead atoms. The Bertz CT molecular complexity index is 472. The molecule has 1 aromatic heterocycles. The molecular weight excluding hydrogens is 204 g/mol. The van der Waals surface area contributed by atoms with Crippen LogP contribution in [0.4, 0.5) is 0 Å². The van der Waals surface area contributed by atoms with Gasteiger partial charge in [0.05, 0.1) is 26.1 Å². The van der Waals surface area contributed by atoms with Crippen molar-refractivity contribution in [1.82, 2.24) is 9.97 Å². The third-order valence-electron chi connectivity index (χ3n) is 2.24. The molecule has 2 aromatic rings. The Labute approximate surface area is 93.9 Å². The molecule has 0 amide bonds. The van der Waals surface area contributed by atoms with Crippen molar-refractivity contribution in [3.05, 3.63) is 36.8 Å². The lowest BCUT2D eigenvalue weighted by Crippen LogP contribution is -1.91. The highest BCUT2D eigenvalue weighted by atomic mass is 16.5. The first-order chi connectivity index (χ1) is 7.85. The highest BCUT2D eigenvalue weighted by Gasteiger charge is 2.06. The maximum Gasteiger partial charge on any atom is 0.161 e. The minimum atomic E-state index is 0.686. The summed E-state index contributed by atoms with van der Waals surface area (Å²) in [5.74, 6) is 1.39. The molecule has 1 aromatic carbocycles. The van der Waals surface area contributed by atoms with Crippen LogP contribution in [0.15, 0.2) is 36.8 Å². The van der Waals surface area contributed by atoms with Crippen molar-refractivity contribution in [1.29, 1.82) is 0 Å². The van der Waals surface area contributed by atoms with E-state index in [1.165, 1.54) is 0 Å². The van der Waals surface area contributed by atoms with Crippen molar-refractivity contribution in [3.8, 4) is 22.8 Å². The van der Waals surface area contributed by atoms with Crippen molar-refractivity contribution >= 4 is 0 Å². The molecule has 82 valence electrons. The van der Waals surface area contributed by atoms with Crippen molar-refractivity contribution in [2.45, 2.75) is 0 Å². The zero-order chi connectivity index (χ0) is 11.4. The zero-order valence-electron chi connectivity index (χ0n) is 9.18. The van der Waals surface area contributed by atoms with Crippen LogP contribution in [0, 0.1) is 0 Å². The summed E-state index contributed by atoms with van der Waals surface area (Å²) in [5.41, 5.74) is 1.76. The molecule has 16 heavy (non-hydrogen) atoms. The predicted octanol–water partition coefficient (Wildman–Crippen LogP) is 2.16. The van der Waals surface area contributed by atoms with Crippen molar-refractivity contribution in [2.75, 3.05) is 14.2 Å². The van der Waals surface area contributed by atoms with Gasteiger partial charge in [-0.15, -0.1) is 0 Å². The van der Waals surface area contributed by atoms with Crippen LogP contribution in [-0.2, 0) is 0 Å². The second-order valence-corrected chi connectivity index (χ2v) is 3.16. The lowest BCUT2D eigenvalue weighted by atomic mass is 10.1. The van der Waals surface area contributed by atoms with E-state index in [9.17, 15) is 0 Å². The number of nitrogens with zero attached hydrogens (tertiary/aromatic N) is 2. The highest BCUT2D eigenvalue weighted by Crippen LogP contribution is 2.31. The van der Waals surface area contributed by atoms with Crippen LogP contribution in [0.25, 0.3) is 11.3 Å². The molecule has 0 N–H and O–H groups in total. The largest absolute Gasteiger partial charge is 0.493 e. The molecule has 0 spiro atoms. The number of ether oxygens (including phenoxy) is 2.